The van der Waals surface area contributed by atoms with E-state index in [1.165, 1.54) is 11.7 Å². The van der Waals surface area contributed by atoms with Crippen molar-refractivity contribution in [1.29, 1.82) is 0 Å². The summed E-state index contributed by atoms with van der Waals surface area (Å²) in [6.45, 7) is 0.578. The summed E-state index contributed by atoms with van der Waals surface area (Å²) >= 11 is 6.78. The summed E-state index contributed by atoms with van der Waals surface area (Å²) in [7, 11) is -2.44. The molecule has 0 aliphatic carbocycles. The molecule has 0 saturated heterocycles. The molecule has 2 N–H and O–H groups in total. The first kappa shape index (κ1) is 16.6. The second-order valence-electron chi connectivity index (χ2n) is 4.12. The van der Waals surface area contributed by atoms with Crippen LogP contribution < -0.4 is 5.14 Å². The number of rotatable bonds is 5. The molecule has 2 aromatic rings. The Hall–Kier alpha value is -0.810. The van der Waals surface area contributed by atoms with Gasteiger partial charge >= 0.3 is 0 Å². The number of hydrogen-bond donors (Lipinski definition) is 1. The lowest BCUT2D eigenvalue weighted by molar-refractivity contribution is 0.185. The van der Waals surface area contributed by atoms with Crippen LogP contribution in [0.1, 0.15) is 0 Å². The Balaban J connectivity index is 2.60. The average Bonchev–Trinajstić information content (AvgIpc) is 2.79. The van der Waals surface area contributed by atoms with Crippen LogP contribution in [0.15, 0.2) is 32.3 Å². The van der Waals surface area contributed by atoms with E-state index in [1.807, 2.05) is 12.1 Å². The second-order valence-corrected chi connectivity index (χ2v) is 7.34. The van der Waals surface area contributed by atoms with Gasteiger partial charge < -0.3 is 4.74 Å². The number of hydrogen-bond acceptors (Lipinski definition) is 5. The number of primary sulfonamides is 1. The Morgan fingerprint density at radius 1 is 1.33 bits per heavy atom. The molecule has 1 aromatic heterocycles. The third-order valence-corrected chi connectivity index (χ3v) is 4.62. The molecule has 0 fully saturated rings. The first-order chi connectivity index (χ1) is 9.84. The second kappa shape index (κ2) is 6.53. The van der Waals surface area contributed by atoms with E-state index in [1.54, 1.807) is 6.07 Å². The monoisotopic (exact) mass is 438 g/mol. The van der Waals surface area contributed by atoms with Crippen LogP contribution in [0, 0.1) is 0 Å². The molecule has 21 heavy (non-hydrogen) atoms. The number of ether oxygens (including phenoxy) is 1. The first-order valence-corrected chi connectivity index (χ1v) is 8.88. The Bertz CT molecular complexity index is 761. The van der Waals surface area contributed by atoms with E-state index in [-0.39, 0.29) is 11.7 Å². The lowest BCUT2D eigenvalue weighted by Gasteiger charge is -2.10. The molecule has 0 aliphatic rings. The van der Waals surface area contributed by atoms with Gasteiger partial charge in [0.05, 0.1) is 13.2 Å². The molecule has 10 heteroatoms. The molecule has 7 nitrogen and oxygen atoms in total. The van der Waals surface area contributed by atoms with Crippen LogP contribution in [0.25, 0.3) is 11.4 Å². The van der Waals surface area contributed by atoms with Crippen LogP contribution in [-0.4, -0.2) is 36.9 Å². The fourth-order valence-electron chi connectivity index (χ4n) is 1.75. The number of nitrogens with two attached hydrogens (primary N) is 1. The molecular weight excluding hydrogens is 428 g/mol. The lowest BCUT2D eigenvalue weighted by Crippen LogP contribution is -2.20. The van der Waals surface area contributed by atoms with Crippen molar-refractivity contribution in [3.05, 3.63) is 27.1 Å². The summed E-state index contributed by atoms with van der Waals surface area (Å²) in [5.74, 6) is 0.399. The predicted molar refractivity (Wildman–Crippen MR) is 84.1 cm³/mol. The van der Waals surface area contributed by atoms with E-state index in [9.17, 15) is 8.42 Å². The highest BCUT2D eigenvalue weighted by Gasteiger charge is 2.22. The van der Waals surface area contributed by atoms with Gasteiger partial charge in [-0.3, -0.25) is 4.57 Å². The summed E-state index contributed by atoms with van der Waals surface area (Å²) in [5, 5.41) is 12.5. The van der Waals surface area contributed by atoms with E-state index in [2.05, 4.69) is 42.1 Å². The number of nitrogens with zero attached hydrogens (tertiary/aromatic N) is 3. The fourth-order valence-corrected chi connectivity index (χ4v) is 3.62. The molecule has 0 radical (unpaired) electrons. The van der Waals surface area contributed by atoms with E-state index >= 15 is 0 Å². The Kier molecular flexibility index (Phi) is 5.15. The van der Waals surface area contributed by atoms with Gasteiger partial charge in [-0.05, 0) is 34.1 Å². The summed E-state index contributed by atoms with van der Waals surface area (Å²) in [4.78, 5) is 0. The number of sulfonamides is 1. The minimum Gasteiger partial charge on any atom is -0.383 e. The predicted octanol–water partition coefficient (Wildman–Crippen LogP) is 1.76. The maximum absolute atomic E-state index is 11.6. The highest BCUT2D eigenvalue weighted by atomic mass is 79.9. The summed E-state index contributed by atoms with van der Waals surface area (Å²) < 4.78 is 31.2. The maximum Gasteiger partial charge on any atom is 0.273 e. The molecular formula is C11H12Br2N4O3S. The summed E-state index contributed by atoms with van der Waals surface area (Å²) in [6, 6.07) is 5.46. The summed E-state index contributed by atoms with van der Waals surface area (Å²) in [5.41, 5.74) is 0.705. The van der Waals surface area contributed by atoms with Gasteiger partial charge in [0.1, 0.15) is 0 Å². The van der Waals surface area contributed by atoms with E-state index in [0.717, 1.165) is 8.95 Å². The maximum atomic E-state index is 11.6. The molecule has 2 rings (SSSR count). The van der Waals surface area contributed by atoms with Gasteiger partial charge in [-0.25, -0.2) is 13.6 Å². The van der Waals surface area contributed by atoms with Gasteiger partial charge in [0.15, 0.2) is 5.82 Å². The van der Waals surface area contributed by atoms with Crippen molar-refractivity contribution in [1.82, 2.24) is 14.8 Å². The minimum atomic E-state index is -3.96. The Morgan fingerprint density at radius 3 is 2.62 bits per heavy atom. The molecule has 1 aromatic carbocycles. The van der Waals surface area contributed by atoms with Gasteiger partial charge in [-0.1, -0.05) is 15.9 Å². The van der Waals surface area contributed by atoms with E-state index < -0.39 is 10.0 Å². The number of benzene rings is 1. The fraction of sp³-hybridized carbons (Fsp3) is 0.273. The normalized spacial score (nSPS) is 11.8. The SMILES string of the molecule is COCCn1c(-c2ccc(Br)cc2Br)nnc1S(N)(=O)=O. The Morgan fingerprint density at radius 2 is 2.05 bits per heavy atom. The first-order valence-electron chi connectivity index (χ1n) is 5.75. The number of aromatic nitrogens is 3. The van der Waals surface area contributed by atoms with E-state index in [4.69, 9.17) is 9.88 Å². The van der Waals surface area contributed by atoms with Crippen LogP contribution >= 0.6 is 31.9 Å². The summed E-state index contributed by atoms with van der Waals surface area (Å²) in [6.07, 6.45) is 0. The van der Waals surface area contributed by atoms with Crippen LogP contribution in [0.3, 0.4) is 0 Å². The molecule has 1 heterocycles. The molecule has 0 bridgehead atoms. The van der Waals surface area contributed by atoms with Crippen molar-refractivity contribution in [3.63, 3.8) is 0 Å². The molecule has 0 unspecified atom stereocenters. The molecule has 0 amide bonds. The average molecular weight is 440 g/mol. The molecule has 0 spiro atoms. The van der Waals surface area contributed by atoms with Crippen molar-refractivity contribution >= 4 is 41.9 Å². The standard InChI is InChI=1S/C11H12Br2N4O3S/c1-20-5-4-17-10(15-16-11(17)21(14,18)19)8-3-2-7(12)6-9(8)13/h2-3,6H,4-5H2,1H3,(H2,14,18,19). The third kappa shape index (κ3) is 3.69. The minimum absolute atomic E-state index is 0.271. The van der Waals surface area contributed by atoms with Gasteiger partial charge in [0, 0.05) is 21.6 Å². The van der Waals surface area contributed by atoms with Crippen molar-refractivity contribution in [2.75, 3.05) is 13.7 Å². The van der Waals surface area contributed by atoms with Crippen molar-refractivity contribution < 1.29 is 13.2 Å². The molecule has 0 saturated carbocycles. The van der Waals surface area contributed by atoms with Crippen LogP contribution in [0.4, 0.5) is 0 Å². The topological polar surface area (TPSA) is 100 Å². The van der Waals surface area contributed by atoms with Gasteiger partial charge in [0.2, 0.25) is 0 Å². The molecule has 0 atom stereocenters. The zero-order chi connectivity index (χ0) is 15.6. The van der Waals surface area contributed by atoms with Crippen molar-refractivity contribution in [2.45, 2.75) is 11.7 Å². The van der Waals surface area contributed by atoms with Gasteiger partial charge in [-0.15, -0.1) is 10.2 Å². The number of methoxy groups -OCH3 is 1. The van der Waals surface area contributed by atoms with Crippen LogP contribution in [0.2, 0.25) is 0 Å². The molecule has 114 valence electrons. The quantitative estimate of drug-likeness (QED) is 0.764. The highest BCUT2D eigenvalue weighted by molar-refractivity contribution is 9.11. The van der Waals surface area contributed by atoms with E-state index in [0.29, 0.717) is 18.0 Å². The number of halogens is 2. The van der Waals surface area contributed by atoms with Crippen LogP contribution in [0.5, 0.6) is 0 Å². The largest absolute Gasteiger partial charge is 0.383 e. The van der Waals surface area contributed by atoms with Crippen molar-refractivity contribution in [3.8, 4) is 11.4 Å². The van der Waals surface area contributed by atoms with Crippen LogP contribution in [-0.2, 0) is 21.3 Å². The zero-order valence-electron chi connectivity index (χ0n) is 11.0. The highest BCUT2D eigenvalue weighted by Crippen LogP contribution is 2.30. The lowest BCUT2D eigenvalue weighted by atomic mass is 10.2. The third-order valence-electron chi connectivity index (χ3n) is 2.66. The molecule has 0 aliphatic heterocycles. The smallest absolute Gasteiger partial charge is 0.273 e. The van der Waals surface area contributed by atoms with Gasteiger partial charge in [0.25, 0.3) is 15.2 Å². The zero-order valence-corrected chi connectivity index (χ0v) is 14.9. The Labute approximate surface area is 138 Å². The van der Waals surface area contributed by atoms with Crippen molar-refractivity contribution in [2.24, 2.45) is 5.14 Å². The van der Waals surface area contributed by atoms with Gasteiger partial charge in [-0.2, -0.15) is 0 Å².